The molecule has 3 aromatic rings. The van der Waals surface area contributed by atoms with Crippen molar-refractivity contribution in [2.75, 3.05) is 0 Å². The van der Waals surface area contributed by atoms with Crippen LogP contribution in [0.4, 0.5) is 0 Å². The van der Waals surface area contributed by atoms with Crippen LogP contribution in [-0.4, -0.2) is 26.5 Å². The molecule has 9 heteroatoms. The van der Waals surface area contributed by atoms with Crippen LogP contribution >= 0.6 is 0 Å². The molecule has 0 unspecified atom stereocenters. The van der Waals surface area contributed by atoms with Crippen molar-refractivity contribution in [1.29, 1.82) is 0 Å². The highest BCUT2D eigenvalue weighted by Gasteiger charge is 2.23. The molecule has 0 bridgehead atoms. The van der Waals surface area contributed by atoms with Crippen LogP contribution in [0.3, 0.4) is 0 Å². The van der Waals surface area contributed by atoms with Gasteiger partial charge in [0.1, 0.15) is 6.33 Å². The van der Waals surface area contributed by atoms with E-state index in [9.17, 15) is 18.0 Å². The van der Waals surface area contributed by atoms with Crippen molar-refractivity contribution >= 4 is 21.2 Å². The number of nitrogens with zero attached hydrogens (tertiary/aromatic N) is 4. The van der Waals surface area contributed by atoms with Gasteiger partial charge in [-0.05, 0) is 19.1 Å². The summed E-state index contributed by atoms with van der Waals surface area (Å²) < 4.78 is 28.3. The van der Waals surface area contributed by atoms with Crippen molar-refractivity contribution < 1.29 is 8.42 Å². The summed E-state index contributed by atoms with van der Waals surface area (Å²) >= 11 is 0. The molecular weight excluding hydrogens is 320 g/mol. The molecule has 0 amide bonds. The number of aryl methyl sites for hydroxylation is 2. The number of aromatic nitrogens is 4. The Labute approximate surface area is 131 Å². The molecule has 0 radical (unpaired) electrons. The molecule has 0 saturated carbocycles. The predicted octanol–water partition coefficient (Wildman–Crippen LogP) is -0.0209. The lowest BCUT2D eigenvalue weighted by molar-refractivity contribution is 0.588. The van der Waals surface area contributed by atoms with Crippen LogP contribution in [-0.2, 0) is 24.1 Å². The van der Waals surface area contributed by atoms with Crippen molar-refractivity contribution in [2.45, 2.75) is 11.8 Å². The van der Waals surface area contributed by atoms with E-state index in [2.05, 4.69) is 4.98 Å². The number of hydrogen-bond donors (Lipinski definition) is 0. The Bertz CT molecular complexity index is 1130. The highest BCUT2D eigenvalue weighted by molar-refractivity contribution is 7.90. The zero-order valence-corrected chi connectivity index (χ0v) is 13.5. The van der Waals surface area contributed by atoms with E-state index in [-0.39, 0.29) is 16.1 Å². The molecule has 3 rings (SSSR count). The van der Waals surface area contributed by atoms with Crippen LogP contribution in [0, 0.1) is 6.92 Å². The molecule has 0 saturated heterocycles. The summed E-state index contributed by atoms with van der Waals surface area (Å²) in [5.41, 5.74) is -0.501. The van der Waals surface area contributed by atoms with E-state index < -0.39 is 21.3 Å². The van der Waals surface area contributed by atoms with Crippen LogP contribution in [0.1, 0.15) is 5.56 Å². The first-order valence-corrected chi connectivity index (χ1v) is 8.14. The number of rotatable bonds is 2. The first-order chi connectivity index (χ1) is 10.7. The maximum Gasteiger partial charge on any atom is 0.332 e. The Morgan fingerprint density at radius 1 is 1.00 bits per heavy atom. The molecule has 0 spiro atoms. The lowest BCUT2D eigenvalue weighted by Gasteiger charge is -2.08. The maximum absolute atomic E-state index is 12.8. The summed E-state index contributed by atoms with van der Waals surface area (Å²) in [5, 5.41) is 0. The van der Waals surface area contributed by atoms with Gasteiger partial charge in [0.25, 0.3) is 15.6 Å². The molecule has 0 aliphatic heterocycles. The maximum atomic E-state index is 12.8. The summed E-state index contributed by atoms with van der Waals surface area (Å²) in [5.74, 6) is 0. The van der Waals surface area contributed by atoms with E-state index >= 15 is 0 Å². The van der Waals surface area contributed by atoms with Crippen LogP contribution in [0.15, 0.2) is 45.1 Å². The molecule has 2 heterocycles. The molecular formula is C14H14N4O4S. The lowest BCUT2D eigenvalue weighted by Crippen LogP contribution is -2.38. The molecule has 0 atom stereocenters. The summed E-state index contributed by atoms with van der Waals surface area (Å²) in [6.07, 6.45) is 1.04. The molecule has 2 aromatic heterocycles. The van der Waals surface area contributed by atoms with Gasteiger partial charge < -0.3 is 0 Å². The third-order valence-corrected chi connectivity index (χ3v) is 5.36. The summed E-state index contributed by atoms with van der Waals surface area (Å²) in [7, 11) is -1.26. The van der Waals surface area contributed by atoms with E-state index in [1.165, 1.54) is 26.2 Å². The van der Waals surface area contributed by atoms with Gasteiger partial charge in [0, 0.05) is 14.1 Å². The highest BCUT2D eigenvalue weighted by Crippen LogP contribution is 2.17. The molecule has 23 heavy (non-hydrogen) atoms. The fraction of sp³-hybridized carbons (Fsp3) is 0.214. The molecule has 8 nitrogen and oxygen atoms in total. The van der Waals surface area contributed by atoms with Crippen LogP contribution < -0.4 is 11.2 Å². The van der Waals surface area contributed by atoms with Gasteiger partial charge in [-0.25, -0.2) is 22.2 Å². The lowest BCUT2D eigenvalue weighted by atomic mass is 10.2. The van der Waals surface area contributed by atoms with Crippen molar-refractivity contribution in [1.82, 2.24) is 18.1 Å². The van der Waals surface area contributed by atoms with Crippen molar-refractivity contribution in [2.24, 2.45) is 14.1 Å². The Balaban J connectivity index is 2.40. The van der Waals surface area contributed by atoms with Crippen molar-refractivity contribution in [3.05, 3.63) is 57.0 Å². The number of imidazole rings is 1. The molecule has 0 aliphatic carbocycles. The normalized spacial score (nSPS) is 12.0. The Morgan fingerprint density at radius 2 is 1.61 bits per heavy atom. The van der Waals surface area contributed by atoms with Gasteiger partial charge in [0.15, 0.2) is 11.2 Å². The molecule has 0 fully saturated rings. The van der Waals surface area contributed by atoms with Gasteiger partial charge in [-0.3, -0.25) is 13.9 Å². The standard InChI is InChI=1S/C14H14N4O4S/c1-9-4-6-10(7-5-9)23(21,22)18-8-15-12-11(18)13(19)17(3)14(20)16(12)2/h4-8H,1-3H3. The van der Waals surface area contributed by atoms with Crippen molar-refractivity contribution in [3.63, 3.8) is 0 Å². The summed E-state index contributed by atoms with van der Waals surface area (Å²) in [6, 6.07) is 6.26. The second-order valence-corrected chi connectivity index (χ2v) is 7.05. The third-order valence-electron chi connectivity index (χ3n) is 3.69. The van der Waals surface area contributed by atoms with E-state index in [0.29, 0.717) is 0 Å². The largest absolute Gasteiger partial charge is 0.332 e. The van der Waals surface area contributed by atoms with Crippen LogP contribution in [0.5, 0.6) is 0 Å². The van der Waals surface area contributed by atoms with Crippen molar-refractivity contribution in [3.8, 4) is 0 Å². The fourth-order valence-electron chi connectivity index (χ4n) is 2.33. The average molecular weight is 334 g/mol. The number of benzene rings is 1. The first kappa shape index (κ1) is 15.2. The second kappa shape index (κ2) is 4.92. The minimum Gasteiger partial charge on any atom is -0.279 e. The third kappa shape index (κ3) is 2.12. The second-order valence-electron chi connectivity index (χ2n) is 5.24. The minimum absolute atomic E-state index is 0.0220. The SMILES string of the molecule is Cc1ccc(S(=O)(=O)n2cnc3c2c(=O)n(C)c(=O)n3C)cc1. The highest BCUT2D eigenvalue weighted by atomic mass is 32.2. The molecule has 0 N–H and O–H groups in total. The Hall–Kier alpha value is -2.68. The molecule has 0 aliphatic rings. The monoisotopic (exact) mass is 334 g/mol. The van der Waals surface area contributed by atoms with E-state index in [1.54, 1.807) is 12.1 Å². The van der Waals surface area contributed by atoms with Crippen LogP contribution in [0.2, 0.25) is 0 Å². The van der Waals surface area contributed by atoms with Gasteiger partial charge in [0.2, 0.25) is 0 Å². The van der Waals surface area contributed by atoms with Gasteiger partial charge in [-0.1, -0.05) is 17.7 Å². The summed E-state index contributed by atoms with van der Waals surface area (Å²) in [6.45, 7) is 1.84. The molecule has 120 valence electrons. The van der Waals surface area contributed by atoms with Crippen LogP contribution in [0.25, 0.3) is 11.2 Å². The van der Waals surface area contributed by atoms with Gasteiger partial charge in [0.05, 0.1) is 4.90 Å². The fourth-order valence-corrected chi connectivity index (χ4v) is 3.61. The minimum atomic E-state index is -3.98. The first-order valence-electron chi connectivity index (χ1n) is 6.70. The quantitative estimate of drug-likeness (QED) is 0.656. The molecule has 1 aromatic carbocycles. The zero-order chi connectivity index (χ0) is 16.9. The Morgan fingerprint density at radius 3 is 2.22 bits per heavy atom. The Kier molecular flexibility index (Phi) is 3.25. The zero-order valence-electron chi connectivity index (χ0n) is 12.7. The smallest absolute Gasteiger partial charge is 0.279 e. The topological polar surface area (TPSA) is 96.0 Å². The summed E-state index contributed by atoms with van der Waals surface area (Å²) in [4.78, 5) is 28.2. The van der Waals surface area contributed by atoms with Gasteiger partial charge in [-0.2, -0.15) is 0 Å². The predicted molar refractivity (Wildman–Crippen MR) is 84.0 cm³/mol. The number of fused-ring (bicyclic) bond motifs is 1. The van der Waals surface area contributed by atoms with E-state index in [1.807, 2.05) is 6.92 Å². The van der Waals surface area contributed by atoms with Gasteiger partial charge in [-0.15, -0.1) is 0 Å². The number of hydrogen-bond acceptors (Lipinski definition) is 5. The van der Waals surface area contributed by atoms with Gasteiger partial charge >= 0.3 is 5.69 Å². The van der Waals surface area contributed by atoms with E-state index in [4.69, 9.17) is 0 Å². The van der Waals surface area contributed by atoms with E-state index in [0.717, 1.165) is 25.0 Å². The average Bonchev–Trinajstić information content (AvgIpc) is 2.97.